The van der Waals surface area contributed by atoms with Gasteiger partial charge in [-0.15, -0.1) is 10.2 Å². The van der Waals surface area contributed by atoms with Gasteiger partial charge in [0.05, 0.1) is 35.5 Å². The van der Waals surface area contributed by atoms with Crippen molar-refractivity contribution in [3.05, 3.63) is 93.5 Å². The molecule has 17 heteroatoms. The Morgan fingerprint density at radius 2 is 1.75 bits per heavy atom. The molecule has 2 amide bonds. The highest BCUT2D eigenvalue weighted by molar-refractivity contribution is 6.31. The summed E-state index contributed by atoms with van der Waals surface area (Å²) in [4.78, 5) is 32.2. The van der Waals surface area contributed by atoms with Crippen LogP contribution in [0, 0.1) is 16.7 Å². The number of alkyl halides is 2. The molecule has 0 radical (unpaired) electrons. The first kappa shape index (κ1) is 44.7. The quantitative estimate of drug-likeness (QED) is 0.152. The van der Waals surface area contributed by atoms with Crippen LogP contribution in [0.25, 0.3) is 11.1 Å². The topological polar surface area (TPSA) is 150 Å². The number of fused-ring (bicyclic) bond motifs is 2. The van der Waals surface area contributed by atoms with Crippen LogP contribution in [0.4, 0.5) is 26.1 Å². The average Bonchev–Trinajstić information content (AvgIpc) is 3.95. The molecule has 2 aromatic carbocycles. The van der Waals surface area contributed by atoms with Crippen LogP contribution in [0.5, 0.6) is 5.75 Å². The van der Waals surface area contributed by atoms with Crippen molar-refractivity contribution >= 4 is 40.7 Å². The second kappa shape index (κ2) is 18.5. The highest BCUT2D eigenvalue weighted by Crippen LogP contribution is 2.50. The van der Waals surface area contributed by atoms with Gasteiger partial charge in [0, 0.05) is 92.9 Å². The molecule has 350 valence electrons. The number of piperidine rings is 1. The minimum Gasteiger partial charge on any atom is -0.490 e. The molecule has 0 bridgehead atoms. The molecule has 5 aromatic rings. The van der Waals surface area contributed by atoms with E-state index >= 15 is 0 Å². The highest BCUT2D eigenvalue weighted by atomic mass is 35.5. The van der Waals surface area contributed by atoms with Gasteiger partial charge in [0.25, 0.3) is 12.3 Å². The van der Waals surface area contributed by atoms with Crippen molar-refractivity contribution in [1.82, 2.24) is 40.0 Å². The predicted molar refractivity (Wildman–Crippen MR) is 250 cm³/mol. The van der Waals surface area contributed by atoms with Crippen LogP contribution in [0.1, 0.15) is 128 Å². The summed E-state index contributed by atoms with van der Waals surface area (Å²) >= 11 is 6.18. The Balaban J connectivity index is 0.765. The number of nitrogens with one attached hydrogen (secondary N) is 1. The molecule has 67 heavy (non-hydrogen) atoms. The summed E-state index contributed by atoms with van der Waals surface area (Å²) in [5.41, 5.74) is 6.10. The van der Waals surface area contributed by atoms with Crippen LogP contribution in [0.3, 0.4) is 0 Å². The fourth-order valence-corrected chi connectivity index (χ4v) is 11.5. The maximum Gasteiger partial charge on any atom is 0.272 e. The van der Waals surface area contributed by atoms with Crippen molar-refractivity contribution in [2.45, 2.75) is 122 Å². The molecular weight excluding hydrogens is 876 g/mol. The van der Waals surface area contributed by atoms with E-state index in [1.807, 2.05) is 17.0 Å². The monoisotopic (exact) mass is 931 g/mol. The molecule has 5 aliphatic rings. The van der Waals surface area contributed by atoms with Crippen molar-refractivity contribution in [3.8, 4) is 22.9 Å². The molecule has 3 aliphatic heterocycles. The van der Waals surface area contributed by atoms with Gasteiger partial charge in [-0.05, 0) is 130 Å². The second-order valence-electron chi connectivity index (χ2n) is 19.2. The van der Waals surface area contributed by atoms with E-state index in [0.29, 0.717) is 59.2 Å². The molecule has 6 heterocycles. The first-order valence-corrected chi connectivity index (χ1v) is 24.1. The molecule has 1 saturated heterocycles. The fourth-order valence-electron chi connectivity index (χ4n) is 11.3. The van der Waals surface area contributed by atoms with E-state index in [-0.39, 0.29) is 41.0 Å². The Bertz CT molecular complexity index is 2690. The Kier molecular flexibility index (Phi) is 12.4. The Morgan fingerprint density at radius 1 is 0.955 bits per heavy atom. The van der Waals surface area contributed by atoms with Crippen LogP contribution in [0.2, 0.25) is 5.02 Å². The van der Waals surface area contributed by atoms with Gasteiger partial charge in [0.15, 0.2) is 17.3 Å². The van der Waals surface area contributed by atoms with E-state index in [1.54, 1.807) is 61.4 Å². The standard InChI is InChI=1S/C50H56ClF2N11O3/c1-31(65)62-21-15-44-41(30-62)48(63-20-3-4-32-24-39(34-28-55-60(2)29-34)40(47(52)53)26-45(32)63)59-64(44)36-13-16-50(17-14-36)18-22-61(23-19-50)46-12-11-43(57-58-46)49(66)56-35-6-9-37(10-7-35)67-38-8-5-33(27-54)42(51)25-38/h5,8,11-12,24-26,28-29,35-37,47H,3-4,6-7,9-10,13-23,30H2,1-2H3,(H,56,66). The lowest BCUT2D eigenvalue weighted by Gasteiger charge is -2.46. The number of hydrogen-bond acceptors (Lipinski definition) is 10. The van der Waals surface area contributed by atoms with Gasteiger partial charge in [0.1, 0.15) is 11.8 Å². The number of halogens is 3. The molecule has 2 aliphatic carbocycles. The first-order valence-electron chi connectivity index (χ1n) is 23.8. The molecule has 1 N–H and O–H groups in total. The second-order valence-corrected chi connectivity index (χ2v) is 19.6. The zero-order valence-corrected chi connectivity index (χ0v) is 38.8. The number of hydrogen-bond donors (Lipinski definition) is 1. The van der Waals surface area contributed by atoms with Crippen LogP contribution >= 0.6 is 11.6 Å². The van der Waals surface area contributed by atoms with Crippen LogP contribution < -0.4 is 19.9 Å². The lowest BCUT2D eigenvalue weighted by molar-refractivity contribution is -0.129. The third-order valence-corrected chi connectivity index (χ3v) is 15.5. The van der Waals surface area contributed by atoms with Gasteiger partial charge < -0.3 is 24.8 Å². The number of amides is 2. The third kappa shape index (κ3) is 9.06. The zero-order chi connectivity index (χ0) is 46.4. The molecule has 3 fully saturated rings. The fraction of sp³-hybridized carbons (Fsp3) is 0.500. The summed E-state index contributed by atoms with van der Waals surface area (Å²) < 4.78 is 39.5. The molecule has 2 saturated carbocycles. The molecule has 1 spiro atoms. The molecular formula is C50H56ClF2N11O3. The number of nitrogens with zero attached hydrogens (tertiary/aromatic N) is 10. The Labute approximate surface area is 394 Å². The number of anilines is 3. The highest BCUT2D eigenvalue weighted by Gasteiger charge is 2.41. The maximum atomic E-state index is 14.8. The summed E-state index contributed by atoms with van der Waals surface area (Å²) in [5, 5.41) is 31.1. The van der Waals surface area contributed by atoms with Gasteiger partial charge in [0.2, 0.25) is 5.91 Å². The van der Waals surface area contributed by atoms with E-state index in [0.717, 1.165) is 124 Å². The van der Waals surface area contributed by atoms with Gasteiger partial charge in [-0.3, -0.25) is 19.0 Å². The Morgan fingerprint density at radius 3 is 2.42 bits per heavy atom. The summed E-state index contributed by atoms with van der Waals surface area (Å²) in [7, 11) is 1.79. The number of carbonyl (C=O) groups is 2. The number of nitriles is 1. The molecule has 3 aromatic heterocycles. The average molecular weight is 933 g/mol. The van der Waals surface area contributed by atoms with E-state index in [1.165, 1.54) is 0 Å². The van der Waals surface area contributed by atoms with Crippen molar-refractivity contribution in [2.24, 2.45) is 12.5 Å². The molecule has 0 unspecified atom stereocenters. The van der Waals surface area contributed by atoms with Crippen molar-refractivity contribution < 1.29 is 23.1 Å². The van der Waals surface area contributed by atoms with Gasteiger partial charge in [-0.1, -0.05) is 11.6 Å². The van der Waals surface area contributed by atoms with Gasteiger partial charge in [-0.2, -0.15) is 15.5 Å². The summed E-state index contributed by atoms with van der Waals surface area (Å²) in [5.74, 6) is 2.00. The van der Waals surface area contributed by atoms with Gasteiger partial charge >= 0.3 is 0 Å². The van der Waals surface area contributed by atoms with Crippen LogP contribution in [0.15, 0.2) is 54.9 Å². The Hall–Kier alpha value is -6.08. The largest absolute Gasteiger partial charge is 0.490 e. The van der Waals surface area contributed by atoms with Crippen molar-refractivity contribution in [2.75, 3.05) is 36.0 Å². The SMILES string of the molecule is CC(=O)N1CCc2c(c(N3CCCc4cc(-c5cnn(C)c5)c(C(F)F)cc43)nn2C2CCC3(CC2)CCN(c2ccc(C(=O)NC4CCC(Oc5ccc(C#N)c(Cl)c5)CC4)nn2)CC3)C1. The van der Waals surface area contributed by atoms with E-state index in [9.17, 15) is 18.4 Å². The maximum absolute atomic E-state index is 14.8. The number of aryl methyl sites for hydroxylation is 2. The minimum atomic E-state index is -2.66. The van der Waals surface area contributed by atoms with Gasteiger partial charge in [-0.25, -0.2) is 8.78 Å². The summed E-state index contributed by atoms with van der Waals surface area (Å²) in [6, 6.07) is 14.7. The third-order valence-electron chi connectivity index (χ3n) is 15.2. The lowest BCUT2D eigenvalue weighted by Crippen LogP contribution is -2.43. The number of benzene rings is 2. The molecule has 0 atom stereocenters. The summed E-state index contributed by atoms with van der Waals surface area (Å²) in [6.07, 6.45) is 12.5. The number of carbonyl (C=O) groups excluding carboxylic acids is 2. The predicted octanol–water partition coefficient (Wildman–Crippen LogP) is 9.05. The minimum absolute atomic E-state index is 0.0121. The molecule has 14 nitrogen and oxygen atoms in total. The number of rotatable bonds is 9. The smallest absolute Gasteiger partial charge is 0.272 e. The van der Waals surface area contributed by atoms with E-state index in [2.05, 4.69) is 41.2 Å². The first-order chi connectivity index (χ1) is 32.4. The lowest BCUT2D eigenvalue weighted by atomic mass is 9.67. The summed E-state index contributed by atoms with van der Waals surface area (Å²) in [6.45, 7) is 5.09. The van der Waals surface area contributed by atoms with Crippen molar-refractivity contribution in [3.63, 3.8) is 0 Å². The number of ether oxygens (including phenoxy) is 1. The van der Waals surface area contributed by atoms with Crippen LogP contribution in [-0.4, -0.2) is 84.8 Å². The van der Waals surface area contributed by atoms with E-state index in [4.69, 9.17) is 26.7 Å². The molecule has 10 rings (SSSR count). The number of aromatic nitrogens is 6. The van der Waals surface area contributed by atoms with Crippen LogP contribution in [-0.2, 0) is 31.2 Å². The van der Waals surface area contributed by atoms with Crippen molar-refractivity contribution in [1.29, 1.82) is 5.26 Å². The van der Waals surface area contributed by atoms with E-state index < -0.39 is 6.43 Å². The zero-order valence-electron chi connectivity index (χ0n) is 38.1. The normalized spacial score (nSPS) is 20.6.